The zero-order valence-electron chi connectivity index (χ0n) is 17.5. The van der Waals surface area contributed by atoms with Gasteiger partial charge in [0.2, 0.25) is 0 Å². The molecule has 3 saturated heterocycles. The SMILES string of the molecule is C=CCO[C@H]1CC[C@H]2O[C@H]3CC[C@@H](OCC=C)[C@H](C=C)O[C@@H]3CC[C@@H]2O[C@@H]1C=C. The molecule has 0 amide bonds. The Hall–Kier alpha value is -1.24. The number of ether oxygens (including phenoxy) is 5. The number of hydrogen-bond acceptors (Lipinski definition) is 5. The molecule has 0 bridgehead atoms. The van der Waals surface area contributed by atoms with Crippen molar-refractivity contribution >= 4 is 0 Å². The molecule has 0 spiro atoms. The van der Waals surface area contributed by atoms with E-state index in [9.17, 15) is 0 Å². The fraction of sp³-hybridized carbons (Fsp3) is 0.667. The first-order chi connectivity index (χ1) is 14.2. The molecule has 0 N–H and O–H groups in total. The van der Waals surface area contributed by atoms with Crippen molar-refractivity contribution in [2.45, 2.75) is 87.4 Å². The van der Waals surface area contributed by atoms with E-state index in [2.05, 4.69) is 26.3 Å². The summed E-state index contributed by atoms with van der Waals surface area (Å²) in [5.74, 6) is 0. The summed E-state index contributed by atoms with van der Waals surface area (Å²) >= 11 is 0. The van der Waals surface area contributed by atoms with Gasteiger partial charge >= 0.3 is 0 Å². The van der Waals surface area contributed by atoms with Crippen molar-refractivity contribution in [3.05, 3.63) is 50.6 Å². The van der Waals surface area contributed by atoms with Crippen molar-refractivity contribution in [1.82, 2.24) is 0 Å². The molecule has 0 saturated carbocycles. The molecule has 0 aliphatic carbocycles. The van der Waals surface area contributed by atoms with Crippen LogP contribution in [0.25, 0.3) is 0 Å². The van der Waals surface area contributed by atoms with E-state index < -0.39 is 0 Å². The Morgan fingerprint density at radius 1 is 0.586 bits per heavy atom. The second-order valence-electron chi connectivity index (χ2n) is 8.02. The molecule has 29 heavy (non-hydrogen) atoms. The number of rotatable bonds is 8. The lowest BCUT2D eigenvalue weighted by Gasteiger charge is -2.28. The molecular formula is C24H36O5. The molecule has 0 radical (unpaired) electrons. The van der Waals surface area contributed by atoms with Gasteiger partial charge in [0.05, 0.1) is 49.8 Å². The van der Waals surface area contributed by atoms with E-state index >= 15 is 0 Å². The molecule has 0 unspecified atom stereocenters. The second-order valence-corrected chi connectivity index (χ2v) is 8.02. The molecule has 8 atom stereocenters. The van der Waals surface area contributed by atoms with Crippen molar-refractivity contribution in [2.75, 3.05) is 13.2 Å². The average Bonchev–Trinajstić information content (AvgIpc) is 3.08. The zero-order chi connectivity index (χ0) is 20.6. The van der Waals surface area contributed by atoms with Crippen molar-refractivity contribution in [3.63, 3.8) is 0 Å². The van der Waals surface area contributed by atoms with Crippen LogP contribution in [0.3, 0.4) is 0 Å². The summed E-state index contributed by atoms with van der Waals surface area (Å²) < 4.78 is 31.3. The highest BCUT2D eigenvalue weighted by atomic mass is 16.6. The van der Waals surface area contributed by atoms with Crippen LogP contribution < -0.4 is 0 Å². The fourth-order valence-corrected chi connectivity index (χ4v) is 4.64. The molecule has 3 heterocycles. The van der Waals surface area contributed by atoms with Gasteiger partial charge in [-0.05, 0) is 38.5 Å². The fourth-order valence-electron chi connectivity index (χ4n) is 4.64. The van der Waals surface area contributed by atoms with Crippen molar-refractivity contribution < 1.29 is 23.7 Å². The highest BCUT2D eigenvalue weighted by Crippen LogP contribution is 2.36. The van der Waals surface area contributed by atoms with Crippen LogP contribution in [-0.2, 0) is 23.7 Å². The van der Waals surface area contributed by atoms with Crippen molar-refractivity contribution in [3.8, 4) is 0 Å². The van der Waals surface area contributed by atoms with E-state index in [0.29, 0.717) is 13.2 Å². The van der Waals surface area contributed by atoms with Gasteiger partial charge in [-0.3, -0.25) is 0 Å². The maximum atomic E-state index is 6.60. The van der Waals surface area contributed by atoms with Crippen LogP contribution in [0.4, 0.5) is 0 Å². The van der Waals surface area contributed by atoms with Crippen LogP contribution in [0.5, 0.6) is 0 Å². The molecule has 3 aliphatic rings. The summed E-state index contributed by atoms with van der Waals surface area (Å²) in [7, 11) is 0. The Balaban J connectivity index is 1.68. The summed E-state index contributed by atoms with van der Waals surface area (Å²) in [5, 5.41) is 0. The molecule has 5 heteroatoms. The minimum Gasteiger partial charge on any atom is -0.371 e. The molecular weight excluding hydrogens is 368 g/mol. The average molecular weight is 405 g/mol. The van der Waals surface area contributed by atoms with Gasteiger partial charge in [0.25, 0.3) is 0 Å². The summed E-state index contributed by atoms with van der Waals surface area (Å²) in [6.07, 6.45) is 12.5. The molecule has 0 aromatic carbocycles. The second kappa shape index (κ2) is 11.2. The summed E-state index contributed by atoms with van der Waals surface area (Å²) in [5.41, 5.74) is 0. The van der Waals surface area contributed by atoms with Crippen LogP contribution >= 0.6 is 0 Å². The van der Waals surface area contributed by atoms with E-state index in [-0.39, 0.29) is 48.8 Å². The smallest absolute Gasteiger partial charge is 0.102 e. The Morgan fingerprint density at radius 3 is 1.34 bits per heavy atom. The number of hydrogen-bond donors (Lipinski definition) is 0. The third-order valence-corrected chi connectivity index (χ3v) is 6.10. The Labute approximate surface area is 175 Å². The van der Waals surface area contributed by atoms with E-state index in [4.69, 9.17) is 23.7 Å². The highest BCUT2D eigenvalue weighted by molar-refractivity contribution is 4.97. The lowest BCUT2D eigenvalue weighted by molar-refractivity contribution is -0.132. The quantitative estimate of drug-likeness (QED) is 0.569. The maximum absolute atomic E-state index is 6.60. The lowest BCUT2D eigenvalue weighted by atomic mass is 10.0. The van der Waals surface area contributed by atoms with Gasteiger partial charge in [-0.1, -0.05) is 24.3 Å². The highest BCUT2D eigenvalue weighted by Gasteiger charge is 2.42. The van der Waals surface area contributed by atoms with Gasteiger partial charge < -0.3 is 23.7 Å². The lowest BCUT2D eigenvalue weighted by Crippen LogP contribution is -2.36. The standard InChI is InChI=1S/C24H36O5/c1-5-15-25-19-9-11-23-21(27-17(19)7-3)13-14-22-24(29-23)12-10-20(26-16-6-2)18(8-4)28-22/h5-8,17-24H,1-4,9-16H2/t17-,18+,19+,20-,21+,22-,23-,24+. The first-order valence-corrected chi connectivity index (χ1v) is 10.9. The molecule has 0 aromatic rings. The van der Waals surface area contributed by atoms with Crippen LogP contribution in [0.15, 0.2) is 50.6 Å². The largest absolute Gasteiger partial charge is 0.371 e. The van der Waals surface area contributed by atoms with Gasteiger partial charge in [-0.15, -0.1) is 26.3 Å². The summed E-state index contributed by atoms with van der Waals surface area (Å²) in [6.45, 7) is 16.4. The third-order valence-electron chi connectivity index (χ3n) is 6.10. The van der Waals surface area contributed by atoms with E-state index in [1.165, 1.54) is 0 Å². The van der Waals surface area contributed by atoms with Crippen LogP contribution in [0, 0.1) is 0 Å². The van der Waals surface area contributed by atoms with E-state index in [0.717, 1.165) is 38.5 Å². The minimum absolute atomic E-state index is 0.0102. The molecule has 3 rings (SSSR count). The van der Waals surface area contributed by atoms with Crippen LogP contribution in [0.2, 0.25) is 0 Å². The Bertz CT molecular complexity index is 513. The normalized spacial score (nSPS) is 40.3. The number of fused-ring (bicyclic) bond motifs is 2. The molecule has 3 fully saturated rings. The predicted molar refractivity (Wildman–Crippen MR) is 114 cm³/mol. The zero-order valence-corrected chi connectivity index (χ0v) is 17.5. The van der Waals surface area contributed by atoms with Gasteiger partial charge in [0.15, 0.2) is 0 Å². The van der Waals surface area contributed by atoms with Gasteiger partial charge in [-0.25, -0.2) is 0 Å². The Morgan fingerprint density at radius 2 is 0.966 bits per heavy atom. The van der Waals surface area contributed by atoms with Crippen molar-refractivity contribution in [2.24, 2.45) is 0 Å². The summed E-state index contributed by atoms with van der Waals surface area (Å²) in [6, 6.07) is 0. The van der Waals surface area contributed by atoms with Crippen LogP contribution in [0.1, 0.15) is 38.5 Å². The molecule has 0 aromatic heterocycles. The first-order valence-electron chi connectivity index (χ1n) is 10.9. The van der Waals surface area contributed by atoms with Crippen LogP contribution in [-0.4, -0.2) is 62.0 Å². The Kier molecular flexibility index (Phi) is 8.69. The minimum atomic E-state index is -0.130. The molecule has 3 aliphatic heterocycles. The topological polar surface area (TPSA) is 46.2 Å². The van der Waals surface area contributed by atoms with Gasteiger partial charge in [0, 0.05) is 0 Å². The van der Waals surface area contributed by atoms with Gasteiger partial charge in [-0.2, -0.15) is 0 Å². The van der Waals surface area contributed by atoms with E-state index in [1.807, 2.05) is 12.2 Å². The summed E-state index contributed by atoms with van der Waals surface area (Å²) in [4.78, 5) is 0. The molecule has 162 valence electrons. The van der Waals surface area contributed by atoms with Gasteiger partial charge in [0.1, 0.15) is 12.2 Å². The van der Waals surface area contributed by atoms with Crippen molar-refractivity contribution in [1.29, 1.82) is 0 Å². The molecule has 5 nitrogen and oxygen atoms in total. The van der Waals surface area contributed by atoms with E-state index in [1.54, 1.807) is 12.2 Å². The first kappa shape index (κ1) is 22.4. The predicted octanol–water partition coefficient (Wildman–Crippen LogP) is 4.14. The third kappa shape index (κ3) is 5.68. The maximum Gasteiger partial charge on any atom is 0.102 e. The monoisotopic (exact) mass is 404 g/mol.